The van der Waals surface area contributed by atoms with E-state index in [1.54, 1.807) is 18.3 Å². The van der Waals surface area contributed by atoms with Gasteiger partial charge < -0.3 is 4.90 Å². The highest BCUT2D eigenvalue weighted by Crippen LogP contribution is 2.23. The summed E-state index contributed by atoms with van der Waals surface area (Å²) in [6.07, 6.45) is 2.78. The SMILES string of the molecule is C[C@H]1C[C@H](C)CN(C(=O)c2cccnc2Cl)C1. The molecule has 0 bridgehead atoms. The number of hydrogen-bond acceptors (Lipinski definition) is 2. The Balaban J connectivity index is 2.17. The van der Waals surface area contributed by atoms with E-state index in [0.29, 0.717) is 22.6 Å². The summed E-state index contributed by atoms with van der Waals surface area (Å²) in [4.78, 5) is 18.2. The number of carbonyl (C=O) groups excluding carboxylic acids is 1. The average molecular weight is 253 g/mol. The van der Waals surface area contributed by atoms with Gasteiger partial charge in [0, 0.05) is 19.3 Å². The molecule has 0 aliphatic carbocycles. The largest absolute Gasteiger partial charge is 0.338 e. The Morgan fingerprint density at radius 2 is 2.06 bits per heavy atom. The number of piperidine rings is 1. The highest BCUT2D eigenvalue weighted by Gasteiger charge is 2.27. The zero-order valence-electron chi connectivity index (χ0n) is 10.2. The Hall–Kier alpha value is -1.09. The third-order valence-electron chi connectivity index (χ3n) is 3.15. The summed E-state index contributed by atoms with van der Waals surface area (Å²) < 4.78 is 0. The first-order chi connectivity index (χ1) is 8.08. The van der Waals surface area contributed by atoms with E-state index in [1.165, 1.54) is 6.42 Å². The average Bonchev–Trinajstić information content (AvgIpc) is 2.27. The van der Waals surface area contributed by atoms with Crippen LogP contribution in [0.2, 0.25) is 5.15 Å². The van der Waals surface area contributed by atoms with Crippen molar-refractivity contribution in [2.24, 2.45) is 11.8 Å². The lowest BCUT2D eigenvalue weighted by atomic mass is 9.91. The van der Waals surface area contributed by atoms with Gasteiger partial charge in [-0.1, -0.05) is 25.4 Å². The third kappa shape index (κ3) is 2.78. The van der Waals surface area contributed by atoms with Crippen molar-refractivity contribution in [1.82, 2.24) is 9.88 Å². The maximum atomic E-state index is 12.3. The first kappa shape index (κ1) is 12.4. The monoisotopic (exact) mass is 252 g/mol. The fraction of sp³-hybridized carbons (Fsp3) is 0.538. The predicted octanol–water partition coefficient (Wildman–Crippen LogP) is 2.85. The van der Waals surface area contributed by atoms with Crippen LogP contribution in [0.4, 0.5) is 0 Å². The molecule has 0 saturated carbocycles. The van der Waals surface area contributed by atoms with Gasteiger partial charge in [0.1, 0.15) is 5.15 Å². The maximum Gasteiger partial charge on any atom is 0.257 e. The Bertz CT molecular complexity index is 412. The molecule has 0 radical (unpaired) electrons. The molecule has 1 aromatic rings. The van der Waals surface area contributed by atoms with E-state index >= 15 is 0 Å². The van der Waals surface area contributed by atoms with E-state index in [2.05, 4.69) is 18.8 Å². The molecule has 1 aliphatic rings. The lowest BCUT2D eigenvalue weighted by Gasteiger charge is -2.35. The maximum absolute atomic E-state index is 12.3. The smallest absolute Gasteiger partial charge is 0.257 e. The topological polar surface area (TPSA) is 33.2 Å². The number of amides is 1. The number of nitrogens with zero attached hydrogens (tertiary/aromatic N) is 2. The van der Waals surface area contributed by atoms with Gasteiger partial charge in [0.05, 0.1) is 5.56 Å². The number of halogens is 1. The van der Waals surface area contributed by atoms with Crippen molar-refractivity contribution in [2.75, 3.05) is 13.1 Å². The molecule has 3 nitrogen and oxygen atoms in total. The van der Waals surface area contributed by atoms with Gasteiger partial charge in [-0.15, -0.1) is 0 Å². The van der Waals surface area contributed by atoms with Gasteiger partial charge in [0.15, 0.2) is 0 Å². The van der Waals surface area contributed by atoms with Crippen molar-refractivity contribution in [2.45, 2.75) is 20.3 Å². The molecule has 1 aromatic heterocycles. The minimum absolute atomic E-state index is 0.00139. The molecule has 2 heterocycles. The van der Waals surface area contributed by atoms with E-state index in [1.807, 2.05) is 4.90 Å². The molecule has 17 heavy (non-hydrogen) atoms. The van der Waals surface area contributed by atoms with Crippen LogP contribution >= 0.6 is 11.6 Å². The van der Waals surface area contributed by atoms with Crippen molar-refractivity contribution in [3.63, 3.8) is 0 Å². The highest BCUT2D eigenvalue weighted by atomic mass is 35.5. The van der Waals surface area contributed by atoms with Gasteiger partial charge in [0.2, 0.25) is 0 Å². The van der Waals surface area contributed by atoms with Crippen LogP contribution in [-0.2, 0) is 0 Å². The second-order valence-corrected chi connectivity index (χ2v) is 5.36. The van der Waals surface area contributed by atoms with Crippen LogP contribution in [0.25, 0.3) is 0 Å². The molecule has 0 aromatic carbocycles. The summed E-state index contributed by atoms with van der Waals surface area (Å²) in [7, 11) is 0. The van der Waals surface area contributed by atoms with Crippen LogP contribution in [0.5, 0.6) is 0 Å². The zero-order chi connectivity index (χ0) is 12.4. The summed E-state index contributed by atoms with van der Waals surface area (Å²) in [5, 5.41) is 0.295. The molecule has 2 rings (SSSR count). The summed E-state index contributed by atoms with van der Waals surface area (Å²) in [6.45, 7) is 5.99. The Morgan fingerprint density at radius 1 is 1.41 bits per heavy atom. The van der Waals surface area contributed by atoms with Crippen molar-refractivity contribution >= 4 is 17.5 Å². The normalized spacial score (nSPS) is 24.8. The van der Waals surface area contributed by atoms with Crippen LogP contribution < -0.4 is 0 Å². The van der Waals surface area contributed by atoms with Gasteiger partial charge in [-0.05, 0) is 30.4 Å². The number of rotatable bonds is 1. The summed E-state index contributed by atoms with van der Waals surface area (Å²) in [6, 6.07) is 3.48. The quantitative estimate of drug-likeness (QED) is 0.720. The molecule has 0 spiro atoms. The fourth-order valence-corrected chi connectivity index (χ4v) is 2.74. The Kier molecular flexibility index (Phi) is 3.67. The number of aromatic nitrogens is 1. The van der Waals surface area contributed by atoms with Crippen LogP contribution in [-0.4, -0.2) is 28.9 Å². The molecule has 1 fully saturated rings. The molecule has 1 saturated heterocycles. The van der Waals surface area contributed by atoms with Gasteiger partial charge >= 0.3 is 0 Å². The summed E-state index contributed by atoms with van der Waals surface area (Å²) >= 11 is 5.95. The first-order valence-corrected chi connectivity index (χ1v) is 6.35. The first-order valence-electron chi connectivity index (χ1n) is 5.97. The lowest BCUT2D eigenvalue weighted by Crippen LogP contribution is -2.42. The standard InChI is InChI=1S/C13H17ClN2O/c1-9-6-10(2)8-16(7-9)13(17)11-4-3-5-15-12(11)14/h3-5,9-10H,6-8H2,1-2H3/t9-,10-/m0/s1. The van der Waals surface area contributed by atoms with Crippen molar-refractivity contribution in [3.8, 4) is 0 Å². The van der Waals surface area contributed by atoms with E-state index in [4.69, 9.17) is 11.6 Å². The Morgan fingerprint density at radius 3 is 2.65 bits per heavy atom. The molecule has 2 atom stereocenters. The van der Waals surface area contributed by atoms with Gasteiger partial charge in [-0.25, -0.2) is 4.98 Å². The fourth-order valence-electron chi connectivity index (χ4n) is 2.54. The third-order valence-corrected chi connectivity index (χ3v) is 3.45. The molecule has 0 N–H and O–H groups in total. The molecule has 92 valence electrons. The van der Waals surface area contributed by atoms with E-state index in [-0.39, 0.29) is 5.91 Å². The summed E-state index contributed by atoms with van der Waals surface area (Å²) in [5.41, 5.74) is 0.510. The molecule has 4 heteroatoms. The van der Waals surface area contributed by atoms with Crippen LogP contribution in [0.15, 0.2) is 18.3 Å². The van der Waals surface area contributed by atoms with E-state index in [9.17, 15) is 4.79 Å². The molecular formula is C13H17ClN2O. The van der Waals surface area contributed by atoms with Crippen LogP contribution in [0.1, 0.15) is 30.6 Å². The van der Waals surface area contributed by atoms with Crippen LogP contribution in [0, 0.1) is 11.8 Å². The van der Waals surface area contributed by atoms with E-state index < -0.39 is 0 Å². The highest BCUT2D eigenvalue weighted by molar-refractivity contribution is 6.32. The summed E-state index contributed by atoms with van der Waals surface area (Å²) in [5.74, 6) is 1.11. The van der Waals surface area contributed by atoms with Gasteiger partial charge in [-0.2, -0.15) is 0 Å². The molecule has 0 unspecified atom stereocenters. The van der Waals surface area contributed by atoms with Crippen molar-refractivity contribution in [3.05, 3.63) is 29.0 Å². The zero-order valence-corrected chi connectivity index (χ0v) is 10.9. The molecule has 1 aliphatic heterocycles. The lowest BCUT2D eigenvalue weighted by molar-refractivity contribution is 0.0623. The molecular weight excluding hydrogens is 236 g/mol. The minimum Gasteiger partial charge on any atom is -0.338 e. The van der Waals surface area contributed by atoms with E-state index in [0.717, 1.165) is 13.1 Å². The van der Waals surface area contributed by atoms with Crippen molar-refractivity contribution in [1.29, 1.82) is 0 Å². The van der Waals surface area contributed by atoms with Gasteiger partial charge in [0.25, 0.3) is 5.91 Å². The number of hydrogen-bond donors (Lipinski definition) is 0. The molecule has 1 amide bonds. The van der Waals surface area contributed by atoms with Crippen molar-refractivity contribution < 1.29 is 4.79 Å². The number of pyridine rings is 1. The minimum atomic E-state index is 0.00139. The second kappa shape index (κ2) is 5.05. The number of carbonyl (C=O) groups is 1. The predicted molar refractivity (Wildman–Crippen MR) is 68.1 cm³/mol. The Labute approximate surface area is 107 Å². The number of likely N-dealkylation sites (tertiary alicyclic amines) is 1. The second-order valence-electron chi connectivity index (χ2n) is 5.00. The van der Waals surface area contributed by atoms with Gasteiger partial charge in [-0.3, -0.25) is 4.79 Å². The van der Waals surface area contributed by atoms with Crippen LogP contribution in [0.3, 0.4) is 0 Å².